The van der Waals surface area contributed by atoms with E-state index in [9.17, 15) is 14.9 Å². The number of hydrogen-bond donors (Lipinski definition) is 1. The molecule has 0 amide bonds. The number of aromatic nitrogens is 1. The first kappa shape index (κ1) is 14.9. The van der Waals surface area contributed by atoms with E-state index in [1.165, 1.54) is 6.07 Å². The summed E-state index contributed by atoms with van der Waals surface area (Å²) in [7, 11) is 0. The summed E-state index contributed by atoms with van der Waals surface area (Å²) >= 11 is 0. The van der Waals surface area contributed by atoms with Gasteiger partial charge in [-0.25, -0.2) is 9.78 Å². The topological polar surface area (TPSA) is 96.6 Å². The second-order valence-corrected chi connectivity index (χ2v) is 4.11. The van der Waals surface area contributed by atoms with Crippen molar-refractivity contribution in [1.29, 1.82) is 0 Å². The standard InChI is InChI=1S/C12H17N3O4/c1-3-5-14(6-4-2)11-7-9(12(16)17)10(8-13-11)15(18)19/h7-8H,3-6H2,1-2H3,(H,16,17). The lowest BCUT2D eigenvalue weighted by atomic mass is 10.2. The maximum atomic E-state index is 11.1. The molecule has 0 saturated carbocycles. The monoisotopic (exact) mass is 267 g/mol. The average Bonchev–Trinajstić information content (AvgIpc) is 2.37. The highest BCUT2D eigenvalue weighted by molar-refractivity contribution is 5.93. The van der Waals surface area contributed by atoms with Crippen LogP contribution in [0.1, 0.15) is 37.0 Å². The van der Waals surface area contributed by atoms with E-state index in [1.54, 1.807) is 0 Å². The molecule has 0 aliphatic carbocycles. The Morgan fingerprint density at radius 3 is 2.42 bits per heavy atom. The molecule has 0 unspecified atom stereocenters. The van der Waals surface area contributed by atoms with Gasteiger partial charge in [0.15, 0.2) is 0 Å². The third-order valence-electron chi connectivity index (χ3n) is 2.61. The summed E-state index contributed by atoms with van der Waals surface area (Å²) in [5.74, 6) is -0.852. The highest BCUT2D eigenvalue weighted by Crippen LogP contribution is 2.22. The number of rotatable bonds is 7. The number of carboxylic acid groups (broad SMARTS) is 1. The molecule has 7 heteroatoms. The molecule has 0 aliphatic heterocycles. The van der Waals surface area contributed by atoms with Crippen LogP contribution in [0, 0.1) is 10.1 Å². The summed E-state index contributed by atoms with van der Waals surface area (Å²) in [5, 5.41) is 19.8. The van der Waals surface area contributed by atoms with Crippen molar-refractivity contribution in [2.75, 3.05) is 18.0 Å². The zero-order chi connectivity index (χ0) is 14.4. The molecule has 0 fully saturated rings. The van der Waals surface area contributed by atoms with Gasteiger partial charge in [0.25, 0.3) is 0 Å². The second-order valence-electron chi connectivity index (χ2n) is 4.11. The van der Waals surface area contributed by atoms with Crippen LogP contribution in [0.2, 0.25) is 0 Å². The summed E-state index contributed by atoms with van der Waals surface area (Å²) in [6, 6.07) is 1.27. The third-order valence-corrected chi connectivity index (χ3v) is 2.61. The largest absolute Gasteiger partial charge is 0.477 e. The van der Waals surface area contributed by atoms with Gasteiger partial charge < -0.3 is 10.0 Å². The summed E-state index contributed by atoms with van der Waals surface area (Å²) in [5.41, 5.74) is -0.809. The van der Waals surface area contributed by atoms with E-state index in [0.717, 1.165) is 32.1 Å². The molecular formula is C12H17N3O4. The summed E-state index contributed by atoms with van der Waals surface area (Å²) in [6.45, 7) is 5.48. The minimum atomic E-state index is -1.32. The number of pyridine rings is 1. The number of carbonyl (C=O) groups is 1. The van der Waals surface area contributed by atoms with Crippen LogP contribution in [0.4, 0.5) is 11.5 Å². The van der Waals surface area contributed by atoms with Crippen LogP contribution in [0.15, 0.2) is 12.3 Å². The summed E-state index contributed by atoms with van der Waals surface area (Å²) in [4.78, 5) is 27.0. The van der Waals surface area contributed by atoms with E-state index in [2.05, 4.69) is 4.98 Å². The van der Waals surface area contributed by atoms with E-state index in [1.807, 2.05) is 18.7 Å². The first-order valence-corrected chi connectivity index (χ1v) is 6.13. The molecule has 0 saturated heterocycles. The van der Waals surface area contributed by atoms with Crippen molar-refractivity contribution >= 4 is 17.5 Å². The normalized spacial score (nSPS) is 10.2. The van der Waals surface area contributed by atoms with Crippen molar-refractivity contribution in [2.45, 2.75) is 26.7 Å². The van der Waals surface area contributed by atoms with Gasteiger partial charge in [0, 0.05) is 19.2 Å². The molecule has 1 aromatic heterocycles. The molecule has 7 nitrogen and oxygen atoms in total. The summed E-state index contributed by atoms with van der Waals surface area (Å²) < 4.78 is 0. The maximum absolute atomic E-state index is 11.1. The van der Waals surface area contributed by atoms with Crippen LogP contribution in [0.25, 0.3) is 0 Å². The van der Waals surface area contributed by atoms with E-state index < -0.39 is 16.6 Å². The van der Waals surface area contributed by atoms with E-state index >= 15 is 0 Å². The van der Waals surface area contributed by atoms with Gasteiger partial charge in [-0.15, -0.1) is 0 Å². The predicted molar refractivity (Wildman–Crippen MR) is 70.6 cm³/mol. The van der Waals surface area contributed by atoms with Crippen LogP contribution >= 0.6 is 0 Å². The lowest BCUT2D eigenvalue weighted by Crippen LogP contribution is -2.26. The molecule has 1 rings (SSSR count). The Kier molecular flexibility index (Phi) is 5.23. The molecule has 0 aliphatic rings. The second kappa shape index (κ2) is 6.67. The zero-order valence-electron chi connectivity index (χ0n) is 11.0. The van der Waals surface area contributed by atoms with Gasteiger partial charge >= 0.3 is 11.7 Å². The SMILES string of the molecule is CCCN(CCC)c1cc(C(=O)O)c([N+](=O)[O-])cn1. The van der Waals surface area contributed by atoms with Crippen LogP contribution in [-0.2, 0) is 0 Å². The highest BCUT2D eigenvalue weighted by Gasteiger charge is 2.22. The van der Waals surface area contributed by atoms with Crippen molar-refractivity contribution < 1.29 is 14.8 Å². The zero-order valence-corrected chi connectivity index (χ0v) is 11.0. The molecule has 1 N–H and O–H groups in total. The predicted octanol–water partition coefficient (Wildman–Crippen LogP) is 2.31. The van der Waals surface area contributed by atoms with Gasteiger partial charge in [0.2, 0.25) is 0 Å². The van der Waals surface area contributed by atoms with Crippen molar-refractivity contribution in [1.82, 2.24) is 4.98 Å². The fourth-order valence-corrected chi connectivity index (χ4v) is 1.81. The van der Waals surface area contributed by atoms with Crippen LogP contribution in [0.3, 0.4) is 0 Å². The van der Waals surface area contributed by atoms with Crippen LogP contribution in [-0.4, -0.2) is 34.1 Å². The minimum Gasteiger partial charge on any atom is -0.477 e. The number of hydrogen-bond acceptors (Lipinski definition) is 5. The Morgan fingerprint density at radius 1 is 1.42 bits per heavy atom. The number of anilines is 1. The maximum Gasteiger partial charge on any atom is 0.342 e. The molecule has 0 radical (unpaired) electrons. The number of carboxylic acids is 1. The lowest BCUT2D eigenvalue weighted by molar-refractivity contribution is -0.385. The Hall–Kier alpha value is -2.18. The molecule has 0 atom stereocenters. The van der Waals surface area contributed by atoms with Crippen LogP contribution < -0.4 is 4.90 Å². The molecule has 1 heterocycles. The molecule has 0 bridgehead atoms. The van der Waals surface area contributed by atoms with Crippen molar-refractivity contribution in [2.24, 2.45) is 0 Å². The smallest absolute Gasteiger partial charge is 0.342 e. The Labute approximate surface area is 111 Å². The van der Waals surface area contributed by atoms with E-state index in [4.69, 9.17) is 5.11 Å². The Morgan fingerprint density at radius 2 is 2.00 bits per heavy atom. The molecule has 0 spiro atoms. The first-order chi connectivity index (χ1) is 9.01. The lowest BCUT2D eigenvalue weighted by Gasteiger charge is -2.22. The third kappa shape index (κ3) is 3.64. The quantitative estimate of drug-likeness (QED) is 0.601. The first-order valence-electron chi connectivity index (χ1n) is 6.13. The van der Waals surface area contributed by atoms with Gasteiger partial charge in [-0.1, -0.05) is 13.8 Å². The fraction of sp³-hybridized carbons (Fsp3) is 0.500. The van der Waals surface area contributed by atoms with Gasteiger partial charge in [-0.05, 0) is 12.8 Å². The van der Waals surface area contributed by atoms with Crippen molar-refractivity contribution in [3.63, 3.8) is 0 Å². The van der Waals surface area contributed by atoms with Gasteiger partial charge in [-0.2, -0.15) is 0 Å². The molecule has 1 aromatic rings. The van der Waals surface area contributed by atoms with Gasteiger partial charge in [-0.3, -0.25) is 10.1 Å². The van der Waals surface area contributed by atoms with Crippen molar-refractivity contribution in [3.8, 4) is 0 Å². The Balaban J connectivity index is 3.19. The Bertz CT molecular complexity index is 470. The highest BCUT2D eigenvalue weighted by atomic mass is 16.6. The molecule has 19 heavy (non-hydrogen) atoms. The number of nitro groups is 1. The fourth-order valence-electron chi connectivity index (χ4n) is 1.81. The van der Waals surface area contributed by atoms with Gasteiger partial charge in [0.05, 0.1) is 4.92 Å². The minimum absolute atomic E-state index is 0.327. The van der Waals surface area contributed by atoms with Crippen molar-refractivity contribution in [3.05, 3.63) is 27.9 Å². The average molecular weight is 267 g/mol. The summed E-state index contributed by atoms with van der Waals surface area (Å²) in [6.07, 6.45) is 2.79. The number of aromatic carboxylic acids is 1. The molecule has 0 aromatic carbocycles. The molecule has 104 valence electrons. The molecular weight excluding hydrogens is 250 g/mol. The number of nitrogens with zero attached hydrogens (tertiary/aromatic N) is 3. The van der Waals surface area contributed by atoms with Gasteiger partial charge in [0.1, 0.15) is 17.6 Å². The van der Waals surface area contributed by atoms with E-state index in [0.29, 0.717) is 5.82 Å². The van der Waals surface area contributed by atoms with Crippen LogP contribution in [0.5, 0.6) is 0 Å². The van der Waals surface area contributed by atoms with E-state index in [-0.39, 0.29) is 5.56 Å².